The molecule has 6 nitrogen and oxygen atoms in total. The fourth-order valence-corrected chi connectivity index (χ4v) is 3.73. The van der Waals surface area contributed by atoms with Gasteiger partial charge in [0.05, 0.1) is 6.10 Å². The molecule has 3 aromatic carbocycles. The van der Waals surface area contributed by atoms with Crippen molar-refractivity contribution >= 4 is 17.3 Å². The van der Waals surface area contributed by atoms with Gasteiger partial charge in [0.25, 0.3) is 0 Å². The number of Topliss-reactive ketones (excluding diaryl/α,β-unsaturated/α-hetero) is 1. The van der Waals surface area contributed by atoms with E-state index in [-0.39, 0.29) is 24.4 Å². The van der Waals surface area contributed by atoms with Crippen LogP contribution in [0, 0.1) is 0 Å². The van der Waals surface area contributed by atoms with Crippen molar-refractivity contribution in [3.05, 3.63) is 102 Å². The van der Waals surface area contributed by atoms with E-state index < -0.39 is 6.10 Å². The highest BCUT2D eigenvalue weighted by Gasteiger charge is 2.16. The Balaban J connectivity index is 1.25. The van der Waals surface area contributed by atoms with E-state index in [1.807, 2.05) is 61.5 Å². The van der Waals surface area contributed by atoms with Gasteiger partial charge in [0.2, 0.25) is 0 Å². The van der Waals surface area contributed by atoms with Crippen molar-refractivity contribution in [2.24, 2.45) is 0 Å². The molecule has 2 atom stereocenters. The van der Waals surface area contributed by atoms with Crippen molar-refractivity contribution in [1.29, 1.82) is 0 Å². The zero-order chi connectivity index (χ0) is 23.9. The van der Waals surface area contributed by atoms with Crippen molar-refractivity contribution < 1.29 is 24.2 Å². The van der Waals surface area contributed by atoms with Crippen molar-refractivity contribution in [3.8, 4) is 11.5 Å². The number of hydrogen-bond donors (Lipinski definition) is 2. The zero-order valence-corrected chi connectivity index (χ0v) is 18.9. The van der Waals surface area contributed by atoms with Crippen LogP contribution in [0.15, 0.2) is 84.9 Å². The Labute approximate surface area is 198 Å². The Kier molecular flexibility index (Phi) is 7.52. The standard InChI is InChI=1S/C28H27NO5/c1-19(28(32)22-5-3-2-4-6-22)29-16-15-26(30)21-9-13-25(14-10-21)34-24-11-7-20(8-12-24)23-17-27(31)33-18-23/h2-14,17,19,28-29,32H,15-16,18H2,1H3. The molecule has 2 unspecified atom stereocenters. The van der Waals surface area contributed by atoms with Gasteiger partial charge in [0.15, 0.2) is 5.78 Å². The van der Waals surface area contributed by atoms with Gasteiger partial charge < -0.3 is 19.9 Å². The molecule has 3 aromatic rings. The van der Waals surface area contributed by atoms with E-state index in [0.29, 0.717) is 30.0 Å². The van der Waals surface area contributed by atoms with E-state index in [9.17, 15) is 14.7 Å². The van der Waals surface area contributed by atoms with Gasteiger partial charge in [-0.1, -0.05) is 42.5 Å². The quantitative estimate of drug-likeness (QED) is 0.339. The normalized spacial score (nSPS) is 14.8. The minimum absolute atomic E-state index is 0.0198. The first kappa shape index (κ1) is 23.4. The summed E-state index contributed by atoms with van der Waals surface area (Å²) in [7, 11) is 0. The number of aliphatic hydroxyl groups is 1. The topological polar surface area (TPSA) is 84.9 Å². The second-order valence-electron chi connectivity index (χ2n) is 8.20. The number of esters is 1. The number of nitrogens with one attached hydrogen (secondary N) is 1. The van der Waals surface area contributed by atoms with E-state index in [0.717, 1.165) is 16.7 Å². The summed E-state index contributed by atoms with van der Waals surface area (Å²) in [6, 6.07) is 23.7. The van der Waals surface area contributed by atoms with Gasteiger partial charge in [0.1, 0.15) is 18.1 Å². The maximum Gasteiger partial charge on any atom is 0.331 e. The van der Waals surface area contributed by atoms with Gasteiger partial charge in [-0.25, -0.2) is 4.79 Å². The predicted octanol–water partition coefficient (Wildman–Crippen LogP) is 4.70. The molecule has 0 aromatic heterocycles. The molecular weight excluding hydrogens is 430 g/mol. The second kappa shape index (κ2) is 10.9. The SMILES string of the molecule is CC(NCCC(=O)c1ccc(Oc2ccc(C3=CC(=O)OC3)cc2)cc1)C(O)c1ccccc1. The second-order valence-corrected chi connectivity index (χ2v) is 8.20. The fourth-order valence-electron chi connectivity index (χ4n) is 3.73. The average molecular weight is 458 g/mol. The Morgan fingerprint density at radius 3 is 2.26 bits per heavy atom. The molecular formula is C28H27NO5. The molecule has 2 N–H and O–H groups in total. The molecule has 0 fully saturated rings. The Morgan fingerprint density at radius 2 is 1.65 bits per heavy atom. The maximum absolute atomic E-state index is 12.5. The van der Waals surface area contributed by atoms with Crippen LogP contribution >= 0.6 is 0 Å². The Hall–Kier alpha value is -3.74. The fraction of sp³-hybridized carbons (Fsp3) is 0.214. The number of aliphatic hydroxyl groups excluding tert-OH is 1. The molecule has 0 saturated carbocycles. The van der Waals surface area contributed by atoms with Crippen LogP contribution in [-0.2, 0) is 9.53 Å². The molecule has 0 saturated heterocycles. The van der Waals surface area contributed by atoms with E-state index in [4.69, 9.17) is 9.47 Å². The highest BCUT2D eigenvalue weighted by atomic mass is 16.5. The Morgan fingerprint density at radius 1 is 1.00 bits per heavy atom. The van der Waals surface area contributed by atoms with E-state index in [1.165, 1.54) is 6.08 Å². The van der Waals surface area contributed by atoms with Gasteiger partial charge in [-0.2, -0.15) is 0 Å². The highest BCUT2D eigenvalue weighted by Crippen LogP contribution is 2.26. The van der Waals surface area contributed by atoms with E-state index in [1.54, 1.807) is 24.3 Å². The first-order valence-corrected chi connectivity index (χ1v) is 11.2. The summed E-state index contributed by atoms with van der Waals surface area (Å²) >= 11 is 0. The number of ether oxygens (including phenoxy) is 2. The summed E-state index contributed by atoms with van der Waals surface area (Å²) in [4.78, 5) is 23.8. The van der Waals surface area contributed by atoms with Crippen molar-refractivity contribution in [2.75, 3.05) is 13.2 Å². The number of ketones is 1. The van der Waals surface area contributed by atoms with Crippen molar-refractivity contribution in [2.45, 2.75) is 25.5 Å². The summed E-state index contributed by atoms with van der Waals surface area (Å²) in [6.45, 7) is 2.66. The van der Waals surface area contributed by atoms with Gasteiger partial charge in [-0.05, 0) is 54.4 Å². The van der Waals surface area contributed by atoms with Crippen LogP contribution in [0.1, 0.15) is 40.9 Å². The third kappa shape index (κ3) is 5.98. The van der Waals surface area contributed by atoms with Crippen molar-refractivity contribution in [1.82, 2.24) is 5.32 Å². The van der Waals surface area contributed by atoms with Crippen LogP contribution in [0.2, 0.25) is 0 Å². The number of carbonyl (C=O) groups is 2. The first-order valence-electron chi connectivity index (χ1n) is 11.2. The minimum Gasteiger partial charge on any atom is -0.458 e. The lowest BCUT2D eigenvalue weighted by atomic mass is 10.0. The van der Waals surface area contributed by atoms with Crippen LogP contribution in [0.25, 0.3) is 5.57 Å². The largest absolute Gasteiger partial charge is 0.458 e. The maximum atomic E-state index is 12.5. The molecule has 1 aliphatic rings. The summed E-state index contributed by atoms with van der Waals surface area (Å²) in [6.07, 6.45) is 1.19. The molecule has 174 valence electrons. The molecule has 6 heteroatoms. The number of hydrogen-bond acceptors (Lipinski definition) is 6. The molecule has 34 heavy (non-hydrogen) atoms. The van der Waals surface area contributed by atoms with Crippen molar-refractivity contribution in [3.63, 3.8) is 0 Å². The summed E-state index contributed by atoms with van der Waals surface area (Å²) in [5.74, 6) is 0.982. The predicted molar refractivity (Wildman–Crippen MR) is 130 cm³/mol. The number of rotatable bonds is 10. The highest BCUT2D eigenvalue weighted by molar-refractivity contribution is 5.96. The number of cyclic esters (lactones) is 1. The lowest BCUT2D eigenvalue weighted by Gasteiger charge is -2.20. The monoisotopic (exact) mass is 457 g/mol. The lowest BCUT2D eigenvalue weighted by Crippen LogP contribution is -2.33. The third-order valence-corrected chi connectivity index (χ3v) is 5.73. The average Bonchev–Trinajstić information content (AvgIpc) is 3.31. The number of carbonyl (C=O) groups excluding carboxylic acids is 2. The molecule has 1 aliphatic heterocycles. The number of benzene rings is 3. The van der Waals surface area contributed by atoms with Gasteiger partial charge in [0, 0.05) is 36.2 Å². The van der Waals surface area contributed by atoms with E-state index >= 15 is 0 Å². The third-order valence-electron chi connectivity index (χ3n) is 5.73. The summed E-state index contributed by atoms with van der Waals surface area (Å²) in [5, 5.41) is 13.6. The van der Waals surface area contributed by atoms with E-state index in [2.05, 4.69) is 5.32 Å². The summed E-state index contributed by atoms with van der Waals surface area (Å²) in [5.41, 5.74) is 3.22. The Bertz CT molecular complexity index is 1150. The van der Waals surface area contributed by atoms with Gasteiger partial charge >= 0.3 is 5.97 Å². The molecule has 0 amide bonds. The molecule has 0 spiro atoms. The molecule has 1 heterocycles. The van der Waals surface area contributed by atoms with Crippen LogP contribution < -0.4 is 10.1 Å². The van der Waals surface area contributed by atoms with Crippen LogP contribution in [0.3, 0.4) is 0 Å². The summed E-state index contributed by atoms with van der Waals surface area (Å²) < 4.78 is 10.8. The lowest BCUT2D eigenvalue weighted by molar-refractivity contribution is -0.134. The van der Waals surface area contributed by atoms with Crippen LogP contribution in [0.5, 0.6) is 11.5 Å². The smallest absolute Gasteiger partial charge is 0.331 e. The van der Waals surface area contributed by atoms with Gasteiger partial charge in [-0.3, -0.25) is 4.79 Å². The molecule has 0 aliphatic carbocycles. The van der Waals surface area contributed by atoms with Crippen LogP contribution in [-0.4, -0.2) is 36.1 Å². The van der Waals surface area contributed by atoms with Crippen LogP contribution in [0.4, 0.5) is 0 Å². The molecule has 0 radical (unpaired) electrons. The minimum atomic E-state index is -0.632. The zero-order valence-electron chi connectivity index (χ0n) is 18.9. The molecule has 4 rings (SSSR count). The molecule has 0 bridgehead atoms. The first-order chi connectivity index (χ1) is 16.5. The van der Waals surface area contributed by atoms with Gasteiger partial charge in [-0.15, -0.1) is 0 Å².